The van der Waals surface area contributed by atoms with E-state index in [0.717, 1.165) is 48.2 Å². The zero-order valence-electron chi connectivity index (χ0n) is 23.4. The Hall–Kier alpha value is -3.47. The SMILES string of the molecule is CC(C)c1cc(-c2cc(N3CCN(c4ncc(CO)cc4C(F)(F)F)CC3C)nc(N3CCCC3C)n2)ccn1. The van der Waals surface area contributed by atoms with Crippen LogP contribution >= 0.6 is 0 Å². The average molecular weight is 556 g/mol. The van der Waals surface area contributed by atoms with Crippen LogP contribution in [0.2, 0.25) is 0 Å². The van der Waals surface area contributed by atoms with Gasteiger partial charge in [0.25, 0.3) is 0 Å². The highest BCUT2D eigenvalue weighted by atomic mass is 19.4. The number of anilines is 3. The molecule has 0 radical (unpaired) electrons. The van der Waals surface area contributed by atoms with Gasteiger partial charge < -0.3 is 19.8 Å². The first kappa shape index (κ1) is 28.1. The van der Waals surface area contributed by atoms with Crippen LogP contribution in [-0.2, 0) is 12.8 Å². The number of aliphatic hydroxyl groups is 1. The minimum absolute atomic E-state index is 0.107. The van der Waals surface area contributed by atoms with Crippen molar-refractivity contribution in [3.8, 4) is 11.3 Å². The smallest absolute Gasteiger partial charge is 0.392 e. The van der Waals surface area contributed by atoms with E-state index in [1.807, 2.05) is 19.1 Å². The zero-order chi connectivity index (χ0) is 28.6. The maximum Gasteiger partial charge on any atom is 0.419 e. The van der Waals surface area contributed by atoms with Gasteiger partial charge in [0.2, 0.25) is 5.95 Å². The van der Waals surface area contributed by atoms with Crippen molar-refractivity contribution in [3.63, 3.8) is 0 Å². The number of aliphatic hydroxyl groups excluding tert-OH is 1. The highest BCUT2D eigenvalue weighted by Gasteiger charge is 2.38. The lowest BCUT2D eigenvalue weighted by Crippen LogP contribution is -2.53. The molecule has 3 aromatic heterocycles. The summed E-state index contributed by atoms with van der Waals surface area (Å²) >= 11 is 0. The fourth-order valence-corrected chi connectivity index (χ4v) is 5.54. The summed E-state index contributed by atoms with van der Waals surface area (Å²) in [6, 6.07) is 7.18. The van der Waals surface area contributed by atoms with Crippen molar-refractivity contribution in [3.05, 3.63) is 53.5 Å². The second kappa shape index (κ2) is 11.2. The average Bonchev–Trinajstić information content (AvgIpc) is 3.37. The van der Waals surface area contributed by atoms with Gasteiger partial charge in [-0.05, 0) is 56.4 Å². The monoisotopic (exact) mass is 555 g/mol. The van der Waals surface area contributed by atoms with Gasteiger partial charge in [0.1, 0.15) is 11.6 Å². The van der Waals surface area contributed by atoms with Gasteiger partial charge in [-0.2, -0.15) is 18.2 Å². The van der Waals surface area contributed by atoms with Crippen molar-refractivity contribution < 1.29 is 18.3 Å². The zero-order valence-corrected chi connectivity index (χ0v) is 23.4. The summed E-state index contributed by atoms with van der Waals surface area (Å²) in [6.07, 6.45) is 0.696. The molecule has 5 rings (SSSR count). The predicted octanol–water partition coefficient (Wildman–Crippen LogP) is 5.27. The Bertz CT molecular complexity index is 1350. The second-order valence-corrected chi connectivity index (χ2v) is 11.1. The fourth-order valence-electron chi connectivity index (χ4n) is 5.54. The van der Waals surface area contributed by atoms with Gasteiger partial charge in [0, 0.05) is 68.0 Å². The molecule has 1 N–H and O–H groups in total. The minimum Gasteiger partial charge on any atom is -0.392 e. The molecular formula is C29H36F3N7O. The van der Waals surface area contributed by atoms with Crippen LogP contribution < -0.4 is 14.7 Å². The Balaban J connectivity index is 1.48. The van der Waals surface area contributed by atoms with Crippen LogP contribution in [0.4, 0.5) is 30.8 Å². The van der Waals surface area contributed by atoms with Gasteiger partial charge in [-0.25, -0.2) is 9.97 Å². The number of nitrogens with zero attached hydrogens (tertiary/aromatic N) is 7. The molecule has 2 aliphatic rings. The molecular weight excluding hydrogens is 519 g/mol. The minimum atomic E-state index is -4.57. The van der Waals surface area contributed by atoms with Gasteiger partial charge in [0.05, 0.1) is 17.9 Å². The Morgan fingerprint density at radius 2 is 1.80 bits per heavy atom. The van der Waals surface area contributed by atoms with E-state index in [1.54, 1.807) is 11.1 Å². The molecule has 8 nitrogen and oxygen atoms in total. The van der Waals surface area contributed by atoms with Crippen LogP contribution in [0.1, 0.15) is 63.3 Å². The second-order valence-electron chi connectivity index (χ2n) is 11.1. The van der Waals surface area contributed by atoms with Gasteiger partial charge in [-0.1, -0.05) is 13.8 Å². The maximum absolute atomic E-state index is 13.9. The molecule has 2 saturated heterocycles. The van der Waals surface area contributed by atoms with Gasteiger partial charge >= 0.3 is 6.18 Å². The molecule has 0 spiro atoms. The van der Waals surface area contributed by atoms with Crippen molar-refractivity contribution in [2.75, 3.05) is 40.9 Å². The summed E-state index contributed by atoms with van der Waals surface area (Å²) in [7, 11) is 0. The molecule has 0 aromatic carbocycles. The lowest BCUT2D eigenvalue weighted by atomic mass is 10.1. The summed E-state index contributed by atoms with van der Waals surface area (Å²) in [4.78, 5) is 24.6. The molecule has 0 saturated carbocycles. The predicted molar refractivity (Wildman–Crippen MR) is 150 cm³/mol. The van der Waals surface area contributed by atoms with E-state index in [9.17, 15) is 18.3 Å². The molecule has 2 atom stereocenters. The van der Waals surface area contributed by atoms with Crippen molar-refractivity contribution in [1.29, 1.82) is 0 Å². The van der Waals surface area contributed by atoms with Crippen molar-refractivity contribution >= 4 is 17.6 Å². The summed E-state index contributed by atoms with van der Waals surface area (Å²) in [5, 5.41) is 9.35. The number of hydrogen-bond donors (Lipinski definition) is 1. The third-order valence-corrected chi connectivity index (χ3v) is 7.81. The van der Waals surface area contributed by atoms with Crippen molar-refractivity contribution in [2.24, 2.45) is 0 Å². The summed E-state index contributed by atoms with van der Waals surface area (Å²) < 4.78 is 41.6. The number of alkyl halides is 3. The first-order valence-corrected chi connectivity index (χ1v) is 13.9. The van der Waals surface area contributed by atoms with E-state index in [1.165, 1.54) is 6.20 Å². The molecule has 2 fully saturated rings. The maximum atomic E-state index is 13.9. The summed E-state index contributed by atoms with van der Waals surface area (Å²) in [6.45, 7) is 9.93. The van der Waals surface area contributed by atoms with Crippen LogP contribution in [0.15, 0.2) is 36.7 Å². The van der Waals surface area contributed by atoms with Crippen LogP contribution in [0.5, 0.6) is 0 Å². The topological polar surface area (TPSA) is 81.5 Å². The Kier molecular flexibility index (Phi) is 7.85. The number of pyridine rings is 2. The Morgan fingerprint density at radius 3 is 2.45 bits per heavy atom. The van der Waals surface area contributed by atoms with Crippen LogP contribution in [-0.4, -0.2) is 63.3 Å². The molecule has 0 aliphatic carbocycles. The molecule has 3 aromatic rings. The molecule has 214 valence electrons. The van der Waals surface area contributed by atoms with Crippen LogP contribution in [0, 0.1) is 0 Å². The number of halogens is 3. The first-order chi connectivity index (χ1) is 19.0. The normalized spacial score (nSPS) is 20.1. The number of hydrogen-bond acceptors (Lipinski definition) is 8. The van der Waals surface area contributed by atoms with Gasteiger partial charge in [-0.3, -0.25) is 4.98 Å². The molecule has 0 amide bonds. The standard InChI is InChI=1S/C29H36F3N7O/c1-18(2)24-13-22(7-8-33-24)25-14-26(36-28(35-25)39-9-5-6-19(39)3)38-11-10-37(16-20(38)4)27-23(29(30,31)32)12-21(17-40)15-34-27/h7-8,12-15,18-20,40H,5-6,9-11,16-17H2,1-4H3. The highest BCUT2D eigenvalue weighted by Crippen LogP contribution is 2.37. The molecule has 2 unspecified atom stereocenters. The quantitative estimate of drug-likeness (QED) is 0.441. The largest absolute Gasteiger partial charge is 0.419 e. The Morgan fingerprint density at radius 1 is 1.00 bits per heavy atom. The molecule has 2 aliphatic heterocycles. The molecule has 11 heteroatoms. The van der Waals surface area contributed by atoms with Crippen LogP contribution in [0.3, 0.4) is 0 Å². The number of piperazine rings is 1. The van der Waals surface area contributed by atoms with Gasteiger partial charge in [0.15, 0.2) is 0 Å². The third kappa shape index (κ3) is 5.70. The summed E-state index contributed by atoms with van der Waals surface area (Å²) in [5.41, 5.74) is 2.06. The third-order valence-electron chi connectivity index (χ3n) is 7.81. The van der Waals surface area contributed by atoms with Crippen molar-refractivity contribution in [1.82, 2.24) is 19.9 Å². The number of aromatic nitrogens is 4. The van der Waals surface area contributed by atoms with Crippen molar-refractivity contribution in [2.45, 2.75) is 71.3 Å². The highest BCUT2D eigenvalue weighted by molar-refractivity contribution is 5.66. The van der Waals surface area contributed by atoms with E-state index in [0.29, 0.717) is 31.6 Å². The van der Waals surface area contributed by atoms with E-state index in [2.05, 4.69) is 46.6 Å². The lowest BCUT2D eigenvalue weighted by molar-refractivity contribution is -0.137. The number of rotatable bonds is 6. The Labute approximate surface area is 232 Å². The lowest BCUT2D eigenvalue weighted by Gasteiger charge is -2.42. The molecule has 5 heterocycles. The van der Waals surface area contributed by atoms with Crippen LogP contribution in [0.25, 0.3) is 11.3 Å². The van der Waals surface area contributed by atoms with E-state index in [-0.39, 0.29) is 23.3 Å². The van der Waals surface area contributed by atoms with E-state index < -0.39 is 18.3 Å². The molecule has 0 bridgehead atoms. The summed E-state index contributed by atoms with van der Waals surface area (Å²) in [5.74, 6) is 1.60. The first-order valence-electron chi connectivity index (χ1n) is 13.9. The molecule has 40 heavy (non-hydrogen) atoms. The van der Waals surface area contributed by atoms with E-state index in [4.69, 9.17) is 9.97 Å². The van der Waals surface area contributed by atoms with E-state index >= 15 is 0 Å². The van der Waals surface area contributed by atoms with Gasteiger partial charge in [-0.15, -0.1) is 0 Å². The fraction of sp³-hybridized carbons (Fsp3) is 0.517.